The zero-order valence-electron chi connectivity index (χ0n) is 14.5. The lowest BCUT2D eigenvalue weighted by Gasteiger charge is -2.15. The van der Waals surface area contributed by atoms with E-state index in [9.17, 15) is 13.6 Å². The van der Waals surface area contributed by atoms with Crippen molar-refractivity contribution in [3.63, 3.8) is 0 Å². The van der Waals surface area contributed by atoms with E-state index in [2.05, 4.69) is 15.4 Å². The van der Waals surface area contributed by atoms with Gasteiger partial charge >= 0.3 is 0 Å². The minimum Gasteiger partial charge on any atom is -0.346 e. The first-order valence-electron chi connectivity index (χ1n) is 8.08. The second-order valence-electron chi connectivity index (χ2n) is 6.07. The Morgan fingerprint density at radius 2 is 2.00 bits per heavy atom. The van der Waals surface area contributed by atoms with Crippen LogP contribution in [0.3, 0.4) is 0 Å². The first-order chi connectivity index (χ1) is 12.3. The lowest BCUT2D eigenvalue weighted by molar-refractivity contribution is 0.0119. The average molecular weight is 359 g/mol. The third kappa shape index (κ3) is 3.41. The second kappa shape index (κ2) is 6.80. The van der Waals surface area contributed by atoms with Gasteiger partial charge in [0.25, 0.3) is 11.8 Å². The van der Waals surface area contributed by atoms with Gasteiger partial charge in [0.15, 0.2) is 5.65 Å². The molecule has 8 heteroatoms. The number of pyridine rings is 1. The Hall–Kier alpha value is -2.87. The molecule has 0 bridgehead atoms. The van der Waals surface area contributed by atoms with E-state index in [0.717, 1.165) is 5.56 Å². The molecule has 2 heterocycles. The van der Waals surface area contributed by atoms with E-state index < -0.39 is 24.9 Å². The maximum atomic E-state index is 13.4. The number of fused-ring (bicyclic) bond motifs is 1. The van der Waals surface area contributed by atoms with E-state index in [1.54, 1.807) is 24.7 Å². The highest BCUT2D eigenvalue weighted by molar-refractivity contribution is 6.07. The first kappa shape index (κ1) is 17.9. The van der Waals surface area contributed by atoms with Crippen molar-refractivity contribution >= 4 is 16.9 Å². The molecule has 0 aliphatic carbocycles. The molecule has 0 aliphatic rings. The number of nitrogens with one attached hydrogen (secondary N) is 1. The number of hydrogen-bond donors (Lipinski definition) is 2. The van der Waals surface area contributed by atoms with Crippen LogP contribution in [0, 0.1) is 6.92 Å². The predicted molar refractivity (Wildman–Crippen MR) is 95.0 cm³/mol. The van der Waals surface area contributed by atoms with Crippen molar-refractivity contribution in [1.82, 2.24) is 20.1 Å². The van der Waals surface area contributed by atoms with Gasteiger partial charge < -0.3 is 11.1 Å². The molecule has 2 aromatic heterocycles. The predicted octanol–water partition coefficient (Wildman–Crippen LogP) is 2.27. The largest absolute Gasteiger partial charge is 0.346 e. The highest BCUT2D eigenvalue weighted by atomic mass is 19.3. The maximum Gasteiger partial charge on any atom is 0.277 e. The number of rotatable bonds is 5. The molecular formula is C18H19F2N5O. The summed E-state index contributed by atoms with van der Waals surface area (Å²) < 4.78 is 28.4. The summed E-state index contributed by atoms with van der Waals surface area (Å²) in [4.78, 5) is 17.2. The molecule has 26 heavy (non-hydrogen) atoms. The number of carbonyl (C=O) groups excluding carboxylic acids is 1. The van der Waals surface area contributed by atoms with E-state index >= 15 is 0 Å². The molecule has 0 radical (unpaired) electrons. The number of aryl methyl sites for hydroxylation is 2. The van der Waals surface area contributed by atoms with Gasteiger partial charge in [-0.15, -0.1) is 0 Å². The van der Waals surface area contributed by atoms with Crippen LogP contribution in [0.2, 0.25) is 0 Å². The lowest BCUT2D eigenvalue weighted by atomic mass is 10.0. The number of hydrogen-bond acceptors (Lipinski definition) is 4. The highest BCUT2D eigenvalue weighted by Crippen LogP contribution is 2.26. The van der Waals surface area contributed by atoms with E-state index in [1.165, 1.54) is 0 Å². The third-order valence-electron chi connectivity index (χ3n) is 4.09. The van der Waals surface area contributed by atoms with E-state index in [1.807, 2.05) is 30.3 Å². The van der Waals surface area contributed by atoms with Crippen LogP contribution in [0.1, 0.15) is 16.1 Å². The molecule has 0 aliphatic heterocycles. The summed E-state index contributed by atoms with van der Waals surface area (Å²) in [6.45, 7) is 0.0871. The average Bonchev–Trinajstić information content (AvgIpc) is 2.94. The van der Waals surface area contributed by atoms with Gasteiger partial charge in [-0.1, -0.05) is 30.3 Å². The molecular weight excluding hydrogens is 340 g/mol. The monoisotopic (exact) mass is 359 g/mol. The van der Waals surface area contributed by atoms with Crippen molar-refractivity contribution in [3.8, 4) is 11.3 Å². The van der Waals surface area contributed by atoms with E-state index in [-0.39, 0.29) is 5.56 Å². The molecule has 3 rings (SSSR count). The Labute approximate surface area is 149 Å². The first-order valence-corrected chi connectivity index (χ1v) is 8.08. The quantitative estimate of drug-likeness (QED) is 0.732. The second-order valence-corrected chi connectivity index (χ2v) is 6.07. The number of benzene rings is 1. The molecule has 6 nitrogen and oxygen atoms in total. The molecule has 0 unspecified atom stereocenters. The molecule has 0 saturated heterocycles. The van der Waals surface area contributed by atoms with Crippen LogP contribution in [-0.2, 0) is 7.05 Å². The fraction of sp³-hybridized carbons (Fsp3) is 0.278. The summed E-state index contributed by atoms with van der Waals surface area (Å²) in [6.07, 6.45) is 0. The number of nitrogens with two attached hydrogens (primary N) is 1. The van der Waals surface area contributed by atoms with Gasteiger partial charge in [-0.3, -0.25) is 9.48 Å². The van der Waals surface area contributed by atoms with Crippen LogP contribution in [0.15, 0.2) is 36.4 Å². The standard InChI is InChI=1S/C18H19F2N5O/c1-11-15-13(17(26)22-10-18(19,20)9-21)8-14(12-6-4-3-5-7-12)23-16(15)25(2)24-11/h3-8H,9-10,21H2,1-2H3,(H,22,26). The SMILES string of the molecule is Cc1nn(C)c2nc(-c3ccccc3)cc(C(=O)NCC(F)(F)CN)c12. The number of nitrogens with zero attached hydrogens (tertiary/aromatic N) is 3. The molecule has 3 N–H and O–H groups in total. The number of halogens is 2. The number of aromatic nitrogens is 3. The Morgan fingerprint density at radius 1 is 1.31 bits per heavy atom. The molecule has 0 fully saturated rings. The third-order valence-corrected chi connectivity index (χ3v) is 4.09. The van der Waals surface area contributed by atoms with E-state index in [0.29, 0.717) is 22.4 Å². The van der Waals surface area contributed by atoms with Crippen LogP contribution >= 0.6 is 0 Å². The Morgan fingerprint density at radius 3 is 2.65 bits per heavy atom. The van der Waals surface area contributed by atoms with Gasteiger partial charge in [-0.25, -0.2) is 13.8 Å². The lowest BCUT2D eigenvalue weighted by Crippen LogP contribution is -2.41. The fourth-order valence-corrected chi connectivity index (χ4v) is 2.76. The molecule has 1 amide bonds. The Kier molecular flexibility index (Phi) is 4.69. The van der Waals surface area contributed by atoms with Crippen molar-refractivity contribution in [2.24, 2.45) is 12.8 Å². The molecule has 0 spiro atoms. The smallest absolute Gasteiger partial charge is 0.277 e. The van der Waals surface area contributed by atoms with Gasteiger partial charge in [0, 0.05) is 12.6 Å². The van der Waals surface area contributed by atoms with Crippen LogP contribution in [0.25, 0.3) is 22.3 Å². The Bertz CT molecular complexity index is 953. The normalized spacial score (nSPS) is 11.7. The summed E-state index contributed by atoms with van der Waals surface area (Å²) in [7, 11) is 1.72. The zero-order valence-corrected chi connectivity index (χ0v) is 14.5. The number of alkyl halides is 2. The van der Waals surface area contributed by atoms with E-state index in [4.69, 9.17) is 5.73 Å². The molecule has 1 aromatic carbocycles. The summed E-state index contributed by atoms with van der Waals surface area (Å²) >= 11 is 0. The topological polar surface area (TPSA) is 85.8 Å². The molecule has 0 saturated carbocycles. The zero-order chi connectivity index (χ0) is 18.9. The van der Waals surface area contributed by atoms with Crippen LogP contribution < -0.4 is 11.1 Å². The maximum absolute atomic E-state index is 13.4. The molecule has 136 valence electrons. The Balaban J connectivity index is 2.09. The number of amides is 1. The van der Waals surface area contributed by atoms with Gasteiger partial charge in [0.2, 0.25) is 0 Å². The fourth-order valence-electron chi connectivity index (χ4n) is 2.76. The summed E-state index contributed by atoms with van der Waals surface area (Å²) in [6, 6.07) is 10.9. The van der Waals surface area contributed by atoms with Crippen molar-refractivity contribution in [2.75, 3.05) is 13.1 Å². The van der Waals surface area contributed by atoms with Crippen molar-refractivity contribution in [1.29, 1.82) is 0 Å². The minimum absolute atomic E-state index is 0.257. The minimum atomic E-state index is -3.16. The summed E-state index contributed by atoms with van der Waals surface area (Å²) in [5, 5.41) is 7.11. The highest BCUT2D eigenvalue weighted by Gasteiger charge is 2.28. The van der Waals surface area contributed by atoms with Gasteiger partial charge in [-0.2, -0.15) is 5.10 Å². The molecule has 0 atom stereocenters. The summed E-state index contributed by atoms with van der Waals surface area (Å²) in [5.41, 5.74) is 7.78. The van der Waals surface area contributed by atoms with Crippen molar-refractivity contribution in [3.05, 3.63) is 47.7 Å². The van der Waals surface area contributed by atoms with Crippen LogP contribution in [-0.4, -0.2) is 39.7 Å². The van der Waals surface area contributed by atoms with Crippen LogP contribution in [0.5, 0.6) is 0 Å². The number of carbonyl (C=O) groups is 1. The van der Waals surface area contributed by atoms with Gasteiger partial charge in [0.1, 0.15) is 0 Å². The summed E-state index contributed by atoms with van der Waals surface area (Å²) in [5.74, 6) is -3.77. The van der Waals surface area contributed by atoms with Gasteiger partial charge in [-0.05, 0) is 13.0 Å². The van der Waals surface area contributed by atoms with Gasteiger partial charge in [0.05, 0.1) is 35.4 Å². The van der Waals surface area contributed by atoms with Crippen molar-refractivity contribution < 1.29 is 13.6 Å². The van der Waals surface area contributed by atoms with Crippen LogP contribution in [0.4, 0.5) is 8.78 Å². The van der Waals surface area contributed by atoms with Crippen molar-refractivity contribution in [2.45, 2.75) is 12.8 Å². The molecule has 3 aromatic rings.